The van der Waals surface area contributed by atoms with Crippen LogP contribution in [0.4, 0.5) is 0 Å². The van der Waals surface area contributed by atoms with Crippen LogP contribution in [0.2, 0.25) is 0 Å². The molecular weight excluding hydrogens is 328 g/mol. The predicted molar refractivity (Wildman–Crippen MR) is 105 cm³/mol. The van der Waals surface area contributed by atoms with Crippen LogP contribution in [0, 0.1) is 5.41 Å². The molecule has 2 atom stereocenters. The summed E-state index contributed by atoms with van der Waals surface area (Å²) in [5.41, 5.74) is 0.948. The topological polar surface area (TPSA) is 78.8 Å². The minimum absolute atomic E-state index is 0.0890. The first-order chi connectivity index (χ1) is 12.6. The Morgan fingerprint density at radius 3 is 2.85 bits per heavy atom. The van der Waals surface area contributed by atoms with Crippen molar-refractivity contribution < 1.29 is 9.84 Å². The Morgan fingerprint density at radius 2 is 2.19 bits per heavy atom. The summed E-state index contributed by atoms with van der Waals surface area (Å²) < 4.78 is 5.51. The molecule has 2 unspecified atom stereocenters. The van der Waals surface area contributed by atoms with Gasteiger partial charge in [-0.1, -0.05) is 32.8 Å². The first-order valence-electron chi connectivity index (χ1n) is 9.85. The highest BCUT2D eigenvalue weighted by atomic mass is 16.5. The van der Waals surface area contributed by atoms with Gasteiger partial charge in [-0.2, -0.15) is 0 Å². The van der Waals surface area contributed by atoms with Gasteiger partial charge >= 0.3 is 0 Å². The Kier molecular flexibility index (Phi) is 8.16. The summed E-state index contributed by atoms with van der Waals surface area (Å²) in [7, 11) is 0. The Hall–Kier alpha value is -1.82. The molecular formula is C20H34N4O2. The fourth-order valence-corrected chi connectivity index (χ4v) is 3.18. The lowest BCUT2D eigenvalue weighted by molar-refractivity contribution is 0.00397. The standard InChI is InChI=1S/C20H34N4O2/c1-4-12-26-18-10-9-16(13-22-18)14-23-19(21-5-2)24-15-20(3)11-7-6-8-17(20)25/h9-10,13,17,25H,4-8,11-12,14-15H2,1-3H3,(H2,21,23,24). The Bertz CT molecular complexity index is 561. The van der Waals surface area contributed by atoms with Gasteiger partial charge in [0.25, 0.3) is 0 Å². The molecule has 1 aromatic rings. The number of aliphatic hydroxyl groups is 1. The zero-order chi connectivity index (χ0) is 18.8. The molecule has 0 aliphatic heterocycles. The van der Waals surface area contributed by atoms with E-state index in [0.29, 0.717) is 19.0 Å². The smallest absolute Gasteiger partial charge is 0.213 e. The second-order valence-corrected chi connectivity index (χ2v) is 7.32. The number of hydrogen-bond donors (Lipinski definition) is 3. The fraction of sp³-hybridized carbons (Fsp3) is 0.700. The van der Waals surface area contributed by atoms with Crippen LogP contribution in [0.25, 0.3) is 0 Å². The van der Waals surface area contributed by atoms with Crippen molar-refractivity contribution in [1.82, 2.24) is 15.6 Å². The Morgan fingerprint density at radius 1 is 1.35 bits per heavy atom. The van der Waals surface area contributed by atoms with Gasteiger partial charge in [0, 0.05) is 30.8 Å². The van der Waals surface area contributed by atoms with Crippen LogP contribution in [0.15, 0.2) is 23.3 Å². The van der Waals surface area contributed by atoms with E-state index in [1.54, 1.807) is 0 Å². The number of nitrogens with one attached hydrogen (secondary N) is 2. The van der Waals surface area contributed by atoms with E-state index in [2.05, 4.69) is 41.4 Å². The van der Waals surface area contributed by atoms with Gasteiger partial charge in [0.2, 0.25) is 5.88 Å². The first kappa shape index (κ1) is 20.5. The minimum atomic E-state index is -0.244. The van der Waals surface area contributed by atoms with Gasteiger partial charge in [-0.3, -0.25) is 0 Å². The zero-order valence-electron chi connectivity index (χ0n) is 16.4. The molecule has 146 valence electrons. The molecule has 2 rings (SSSR count). The quantitative estimate of drug-likeness (QED) is 0.489. The predicted octanol–water partition coefficient (Wildman–Crippen LogP) is 2.87. The maximum absolute atomic E-state index is 10.3. The lowest BCUT2D eigenvalue weighted by atomic mass is 9.73. The van der Waals surface area contributed by atoms with Crippen LogP contribution in [0.5, 0.6) is 5.88 Å². The first-order valence-corrected chi connectivity index (χ1v) is 9.85. The van der Waals surface area contributed by atoms with Crippen molar-refractivity contribution in [1.29, 1.82) is 0 Å². The number of aromatic nitrogens is 1. The van der Waals surface area contributed by atoms with Crippen LogP contribution in [0.3, 0.4) is 0 Å². The number of pyridine rings is 1. The number of hydrogen-bond acceptors (Lipinski definition) is 4. The molecule has 1 aliphatic carbocycles. The van der Waals surface area contributed by atoms with E-state index in [9.17, 15) is 5.11 Å². The van der Waals surface area contributed by atoms with E-state index in [0.717, 1.165) is 50.3 Å². The number of guanidine groups is 1. The van der Waals surface area contributed by atoms with Gasteiger partial charge in [0.05, 0.1) is 19.3 Å². The molecule has 6 nitrogen and oxygen atoms in total. The largest absolute Gasteiger partial charge is 0.478 e. The van der Waals surface area contributed by atoms with Crippen molar-refractivity contribution in [3.63, 3.8) is 0 Å². The summed E-state index contributed by atoms with van der Waals surface area (Å²) in [6.45, 7) is 9.04. The van der Waals surface area contributed by atoms with Gasteiger partial charge in [-0.15, -0.1) is 0 Å². The van der Waals surface area contributed by atoms with Crippen molar-refractivity contribution in [2.24, 2.45) is 10.4 Å². The van der Waals surface area contributed by atoms with Crippen molar-refractivity contribution >= 4 is 5.96 Å². The van der Waals surface area contributed by atoms with Crippen molar-refractivity contribution in [2.45, 2.75) is 65.5 Å². The third kappa shape index (κ3) is 6.16. The third-order valence-electron chi connectivity index (χ3n) is 4.96. The molecule has 0 amide bonds. The number of aliphatic hydroxyl groups excluding tert-OH is 1. The van der Waals surface area contributed by atoms with E-state index in [4.69, 9.17) is 4.74 Å². The SMILES string of the molecule is CCCOc1ccc(CN=C(NCC)NCC2(C)CCCCC2O)cn1. The second kappa shape index (κ2) is 10.4. The highest BCUT2D eigenvalue weighted by Crippen LogP contribution is 2.35. The molecule has 6 heteroatoms. The summed E-state index contributed by atoms with van der Waals surface area (Å²) in [6, 6.07) is 3.89. The summed E-state index contributed by atoms with van der Waals surface area (Å²) in [4.78, 5) is 8.96. The average Bonchev–Trinajstić information content (AvgIpc) is 2.66. The van der Waals surface area contributed by atoms with Gasteiger partial charge in [0.1, 0.15) is 0 Å². The summed E-state index contributed by atoms with van der Waals surface area (Å²) in [5, 5.41) is 17.0. The number of nitrogens with zero attached hydrogens (tertiary/aromatic N) is 2. The average molecular weight is 363 g/mol. The van der Waals surface area contributed by atoms with Crippen molar-refractivity contribution in [2.75, 3.05) is 19.7 Å². The van der Waals surface area contributed by atoms with Crippen LogP contribution in [0.1, 0.15) is 58.4 Å². The Balaban J connectivity index is 1.91. The number of aliphatic imine (C=N–C) groups is 1. The lowest BCUT2D eigenvalue weighted by Crippen LogP contribution is -2.48. The molecule has 26 heavy (non-hydrogen) atoms. The summed E-state index contributed by atoms with van der Waals surface area (Å²) in [6.07, 6.45) is 6.78. The van der Waals surface area contributed by atoms with E-state index in [1.165, 1.54) is 6.42 Å². The number of ether oxygens (including phenoxy) is 1. The van der Waals surface area contributed by atoms with Gasteiger partial charge in [-0.05, 0) is 31.7 Å². The molecule has 0 bridgehead atoms. The van der Waals surface area contributed by atoms with Gasteiger partial charge in [0.15, 0.2) is 5.96 Å². The maximum atomic E-state index is 10.3. The fourth-order valence-electron chi connectivity index (χ4n) is 3.18. The molecule has 1 fully saturated rings. The third-order valence-corrected chi connectivity index (χ3v) is 4.96. The second-order valence-electron chi connectivity index (χ2n) is 7.32. The maximum Gasteiger partial charge on any atom is 0.213 e. The van der Waals surface area contributed by atoms with E-state index >= 15 is 0 Å². The van der Waals surface area contributed by atoms with Crippen molar-refractivity contribution in [3.05, 3.63) is 23.9 Å². The molecule has 1 aromatic heterocycles. The van der Waals surface area contributed by atoms with Crippen LogP contribution < -0.4 is 15.4 Å². The lowest BCUT2D eigenvalue weighted by Gasteiger charge is -2.38. The molecule has 0 aromatic carbocycles. The van der Waals surface area contributed by atoms with Crippen molar-refractivity contribution in [3.8, 4) is 5.88 Å². The molecule has 1 heterocycles. The highest BCUT2D eigenvalue weighted by Gasteiger charge is 2.35. The summed E-state index contributed by atoms with van der Waals surface area (Å²) >= 11 is 0. The molecule has 3 N–H and O–H groups in total. The monoisotopic (exact) mass is 362 g/mol. The molecule has 1 aliphatic rings. The van der Waals surface area contributed by atoms with Crippen LogP contribution >= 0.6 is 0 Å². The van der Waals surface area contributed by atoms with Crippen LogP contribution in [-0.2, 0) is 6.54 Å². The molecule has 0 radical (unpaired) electrons. The molecule has 1 saturated carbocycles. The van der Waals surface area contributed by atoms with E-state index < -0.39 is 0 Å². The van der Waals surface area contributed by atoms with Gasteiger partial charge in [-0.25, -0.2) is 9.98 Å². The molecule has 0 spiro atoms. The van der Waals surface area contributed by atoms with Crippen LogP contribution in [-0.4, -0.2) is 41.9 Å². The summed E-state index contributed by atoms with van der Waals surface area (Å²) in [5.74, 6) is 1.43. The normalized spacial score (nSPS) is 23.5. The highest BCUT2D eigenvalue weighted by molar-refractivity contribution is 5.79. The Labute approximate surface area is 157 Å². The van der Waals surface area contributed by atoms with Gasteiger partial charge < -0.3 is 20.5 Å². The van der Waals surface area contributed by atoms with E-state index in [-0.39, 0.29) is 11.5 Å². The number of rotatable bonds is 8. The molecule has 0 saturated heterocycles. The minimum Gasteiger partial charge on any atom is -0.478 e. The zero-order valence-corrected chi connectivity index (χ0v) is 16.4. The van der Waals surface area contributed by atoms with E-state index in [1.807, 2.05) is 18.3 Å².